The van der Waals surface area contributed by atoms with Crippen LogP contribution in [0.3, 0.4) is 0 Å². The van der Waals surface area contributed by atoms with Crippen LogP contribution in [0.5, 0.6) is 0 Å². The predicted molar refractivity (Wildman–Crippen MR) is 114 cm³/mol. The lowest BCUT2D eigenvalue weighted by Crippen LogP contribution is -2.34. The van der Waals surface area contributed by atoms with E-state index in [1.807, 2.05) is 27.7 Å². The molecule has 0 radical (unpaired) electrons. The molecule has 0 amide bonds. The van der Waals surface area contributed by atoms with Crippen molar-refractivity contribution in [3.05, 3.63) is 53.4 Å². The van der Waals surface area contributed by atoms with Crippen molar-refractivity contribution >= 4 is 17.4 Å². The van der Waals surface area contributed by atoms with Gasteiger partial charge in [-0.1, -0.05) is 32.9 Å². The molecule has 0 saturated heterocycles. The molecule has 8 nitrogen and oxygen atoms in total. The Morgan fingerprint density at radius 1 is 1.07 bits per heavy atom. The number of hydrogen-bond donors (Lipinski definition) is 2. The summed E-state index contributed by atoms with van der Waals surface area (Å²) in [6, 6.07) is 1.72. The number of oxime groups is 1. The van der Waals surface area contributed by atoms with E-state index < -0.39 is 10.8 Å². The van der Waals surface area contributed by atoms with Crippen LogP contribution in [-0.4, -0.2) is 37.6 Å². The van der Waals surface area contributed by atoms with E-state index in [0.29, 0.717) is 28.9 Å². The molecule has 2 aromatic rings. The fourth-order valence-corrected chi connectivity index (χ4v) is 2.93. The summed E-state index contributed by atoms with van der Waals surface area (Å²) in [5.41, 5.74) is 5.65. The van der Waals surface area contributed by atoms with E-state index in [-0.39, 0.29) is 23.3 Å². The van der Waals surface area contributed by atoms with Gasteiger partial charge in [-0.05, 0) is 25.5 Å². The van der Waals surface area contributed by atoms with Crippen molar-refractivity contribution in [2.75, 3.05) is 0 Å². The van der Waals surface area contributed by atoms with E-state index in [9.17, 15) is 9.59 Å². The number of pyridine rings is 1. The topological polar surface area (TPSA) is 131 Å². The molecule has 3 N–H and O–H groups in total. The molecule has 0 unspecified atom stereocenters. The smallest absolute Gasteiger partial charge is 0.175 e. The van der Waals surface area contributed by atoms with E-state index >= 15 is 0 Å². The zero-order chi connectivity index (χ0) is 22.7. The molecule has 0 fully saturated rings. The lowest BCUT2D eigenvalue weighted by Gasteiger charge is -2.24. The first-order chi connectivity index (χ1) is 13.9. The Bertz CT molecular complexity index is 963. The summed E-state index contributed by atoms with van der Waals surface area (Å²) >= 11 is 0. The third-order valence-electron chi connectivity index (χ3n) is 5.21. The Labute approximate surface area is 176 Å². The van der Waals surface area contributed by atoms with Gasteiger partial charge in [-0.15, -0.1) is 0 Å². The minimum atomic E-state index is -0.918. The number of hydrogen-bond acceptors (Lipinski definition) is 7. The van der Waals surface area contributed by atoms with Gasteiger partial charge in [0.25, 0.3) is 0 Å². The Morgan fingerprint density at radius 3 is 2.20 bits per heavy atom. The second kappa shape index (κ2) is 8.69. The first-order valence-electron chi connectivity index (χ1n) is 9.73. The molecule has 0 aliphatic carbocycles. The number of amidine groups is 1. The highest BCUT2D eigenvalue weighted by Gasteiger charge is 2.32. The second-order valence-corrected chi connectivity index (χ2v) is 8.87. The normalized spacial score (nSPS) is 12.8. The molecule has 0 aliphatic rings. The molecule has 30 heavy (non-hydrogen) atoms. The van der Waals surface area contributed by atoms with Crippen molar-refractivity contribution in [1.82, 2.24) is 15.0 Å². The first kappa shape index (κ1) is 23.1. The van der Waals surface area contributed by atoms with Crippen LogP contribution in [0.15, 0.2) is 36.0 Å². The highest BCUT2D eigenvalue weighted by molar-refractivity contribution is 6.03. The van der Waals surface area contributed by atoms with Crippen LogP contribution < -0.4 is 5.73 Å². The molecular weight excluding hydrogens is 382 g/mol. The van der Waals surface area contributed by atoms with Gasteiger partial charge in [-0.25, -0.2) is 9.97 Å². The second-order valence-electron chi connectivity index (χ2n) is 8.87. The summed E-state index contributed by atoms with van der Waals surface area (Å²) in [5, 5.41) is 12.0. The van der Waals surface area contributed by atoms with Crippen molar-refractivity contribution < 1.29 is 14.8 Å². The summed E-state index contributed by atoms with van der Waals surface area (Å²) < 4.78 is 0. The summed E-state index contributed by atoms with van der Waals surface area (Å²) in [7, 11) is 0. The fraction of sp³-hybridized carbons (Fsp3) is 0.455. The quantitative estimate of drug-likeness (QED) is 0.224. The van der Waals surface area contributed by atoms with Gasteiger partial charge in [-0.2, -0.15) is 0 Å². The SMILES string of the molecule is CC(C)C(=O)c1cncc(C(C)(C)C(=O)c2cnc(CC(C)(C)C(N)=NO)nc2)c1. The van der Waals surface area contributed by atoms with Gasteiger partial charge in [0.1, 0.15) is 11.7 Å². The maximum Gasteiger partial charge on any atom is 0.175 e. The van der Waals surface area contributed by atoms with Gasteiger partial charge < -0.3 is 10.9 Å². The standard InChI is InChI=1S/C22H29N5O3/c1-13(2)18(28)14-7-16(12-24-9-14)22(5,6)19(29)15-10-25-17(26-11-15)8-21(3,4)20(23)27-30/h7,9-13,30H,8H2,1-6H3,(H2,23,27). The van der Waals surface area contributed by atoms with Crippen LogP contribution in [-0.2, 0) is 11.8 Å². The molecule has 2 rings (SSSR count). The molecule has 0 bridgehead atoms. The Morgan fingerprint density at radius 2 is 1.67 bits per heavy atom. The van der Waals surface area contributed by atoms with Gasteiger partial charge >= 0.3 is 0 Å². The van der Waals surface area contributed by atoms with E-state index in [4.69, 9.17) is 10.9 Å². The zero-order valence-corrected chi connectivity index (χ0v) is 18.3. The minimum absolute atomic E-state index is 0.0198. The van der Waals surface area contributed by atoms with Gasteiger partial charge in [-0.3, -0.25) is 14.6 Å². The fourth-order valence-electron chi connectivity index (χ4n) is 2.93. The Kier molecular flexibility index (Phi) is 6.70. The molecule has 160 valence electrons. The zero-order valence-electron chi connectivity index (χ0n) is 18.3. The lowest BCUT2D eigenvalue weighted by molar-refractivity contribution is 0.0903. The van der Waals surface area contributed by atoms with Crippen LogP contribution >= 0.6 is 0 Å². The molecule has 0 atom stereocenters. The Hall–Kier alpha value is -3.16. The average molecular weight is 412 g/mol. The van der Waals surface area contributed by atoms with Crippen molar-refractivity contribution in [2.24, 2.45) is 22.2 Å². The maximum atomic E-state index is 13.2. The summed E-state index contributed by atoms with van der Waals surface area (Å²) in [4.78, 5) is 38.2. The van der Waals surface area contributed by atoms with Gasteiger partial charge in [0.2, 0.25) is 0 Å². The van der Waals surface area contributed by atoms with Crippen LogP contribution in [0, 0.1) is 11.3 Å². The van der Waals surface area contributed by atoms with Crippen molar-refractivity contribution in [2.45, 2.75) is 53.4 Å². The van der Waals surface area contributed by atoms with Crippen molar-refractivity contribution in [1.29, 1.82) is 0 Å². The van der Waals surface area contributed by atoms with Gasteiger partial charge in [0.05, 0.1) is 11.0 Å². The average Bonchev–Trinajstić information content (AvgIpc) is 2.72. The van der Waals surface area contributed by atoms with E-state index in [1.54, 1.807) is 26.1 Å². The van der Waals surface area contributed by atoms with Gasteiger partial charge in [0, 0.05) is 48.1 Å². The van der Waals surface area contributed by atoms with Crippen LogP contribution in [0.4, 0.5) is 0 Å². The third kappa shape index (κ3) is 4.87. The number of rotatable bonds is 8. The number of carbonyl (C=O) groups excluding carboxylic acids is 2. The number of nitrogens with zero attached hydrogens (tertiary/aromatic N) is 4. The van der Waals surface area contributed by atoms with Crippen LogP contribution in [0.25, 0.3) is 0 Å². The van der Waals surface area contributed by atoms with E-state index in [2.05, 4.69) is 20.1 Å². The molecule has 0 saturated carbocycles. The largest absolute Gasteiger partial charge is 0.409 e. The predicted octanol–water partition coefficient (Wildman–Crippen LogP) is 3.19. The highest BCUT2D eigenvalue weighted by Crippen LogP contribution is 2.28. The number of ketones is 2. The lowest BCUT2D eigenvalue weighted by atomic mass is 9.78. The monoisotopic (exact) mass is 411 g/mol. The molecule has 0 aliphatic heterocycles. The number of carbonyl (C=O) groups is 2. The number of Topliss-reactive ketones (excluding diaryl/α,β-unsaturated/α-hetero) is 2. The van der Waals surface area contributed by atoms with Crippen LogP contribution in [0.1, 0.15) is 73.6 Å². The summed E-state index contributed by atoms with van der Waals surface area (Å²) in [6.07, 6.45) is 6.43. The minimum Gasteiger partial charge on any atom is -0.409 e. The van der Waals surface area contributed by atoms with Crippen molar-refractivity contribution in [3.63, 3.8) is 0 Å². The third-order valence-corrected chi connectivity index (χ3v) is 5.21. The number of aromatic nitrogens is 3. The Balaban J connectivity index is 2.27. The molecule has 2 heterocycles. The summed E-state index contributed by atoms with van der Waals surface area (Å²) in [6.45, 7) is 10.8. The summed E-state index contributed by atoms with van der Waals surface area (Å²) in [5.74, 6) is 0.202. The van der Waals surface area contributed by atoms with E-state index in [1.165, 1.54) is 18.6 Å². The number of nitrogens with two attached hydrogens (primary N) is 1. The van der Waals surface area contributed by atoms with Gasteiger partial charge in [0.15, 0.2) is 11.6 Å². The maximum absolute atomic E-state index is 13.2. The molecule has 8 heteroatoms. The van der Waals surface area contributed by atoms with Crippen LogP contribution in [0.2, 0.25) is 0 Å². The van der Waals surface area contributed by atoms with Crippen molar-refractivity contribution in [3.8, 4) is 0 Å². The first-order valence-corrected chi connectivity index (χ1v) is 9.73. The highest BCUT2D eigenvalue weighted by atomic mass is 16.4. The molecule has 0 aromatic carbocycles. The molecular formula is C22H29N5O3. The molecule has 2 aromatic heterocycles. The van der Waals surface area contributed by atoms with E-state index in [0.717, 1.165) is 0 Å². The molecule has 0 spiro atoms.